The third-order valence-corrected chi connectivity index (χ3v) is 4.29. The smallest absolute Gasteiger partial charge is 0.222 e. The van der Waals surface area contributed by atoms with Gasteiger partial charge in [0.05, 0.1) is 6.04 Å². The highest BCUT2D eigenvalue weighted by atomic mass is 32.1. The second kappa shape index (κ2) is 4.18. The van der Waals surface area contributed by atoms with Gasteiger partial charge in [0.15, 0.2) is 0 Å². The third kappa shape index (κ3) is 1.87. The first kappa shape index (κ1) is 11.6. The number of aryl methyl sites for hydroxylation is 2. The zero-order chi connectivity index (χ0) is 11.9. The molecule has 2 rings (SSSR count). The minimum Gasteiger partial charge on any atom is -0.337 e. The molecule has 1 aromatic rings. The predicted molar refractivity (Wildman–Crippen MR) is 66.5 cm³/mol. The van der Waals surface area contributed by atoms with Crippen LogP contribution in [0.4, 0.5) is 0 Å². The lowest BCUT2D eigenvalue weighted by atomic mass is 9.91. The summed E-state index contributed by atoms with van der Waals surface area (Å²) in [5.74, 6) is 0.204. The number of likely N-dealkylation sites (N-methyl/N-ethyl adjacent to an activating group) is 1. The molecule has 1 saturated heterocycles. The zero-order valence-electron chi connectivity index (χ0n) is 9.99. The van der Waals surface area contributed by atoms with E-state index in [9.17, 15) is 4.79 Å². The van der Waals surface area contributed by atoms with Crippen molar-refractivity contribution in [3.63, 3.8) is 0 Å². The fourth-order valence-electron chi connectivity index (χ4n) is 2.45. The average Bonchev–Trinajstić information content (AvgIpc) is 2.53. The Balaban J connectivity index is 2.37. The number of likely N-dealkylation sites (tertiary alicyclic amines) is 1. The predicted octanol–water partition coefficient (Wildman–Crippen LogP) is 1.99. The van der Waals surface area contributed by atoms with E-state index in [1.54, 1.807) is 11.3 Å². The summed E-state index contributed by atoms with van der Waals surface area (Å²) in [5.41, 5.74) is 7.38. The lowest BCUT2D eigenvalue weighted by molar-refractivity contribution is -0.135. The minimum atomic E-state index is 0.0613. The molecule has 1 aliphatic rings. The van der Waals surface area contributed by atoms with Gasteiger partial charge in [-0.2, -0.15) is 0 Å². The van der Waals surface area contributed by atoms with Crippen LogP contribution in [-0.4, -0.2) is 23.9 Å². The molecule has 1 aromatic heterocycles. The topological polar surface area (TPSA) is 46.3 Å². The molecule has 1 amide bonds. The lowest BCUT2D eigenvalue weighted by Crippen LogP contribution is -2.46. The quantitative estimate of drug-likeness (QED) is 0.813. The van der Waals surface area contributed by atoms with Crippen LogP contribution in [0.2, 0.25) is 0 Å². The molecule has 16 heavy (non-hydrogen) atoms. The number of carbonyl (C=O) groups is 1. The summed E-state index contributed by atoms with van der Waals surface area (Å²) < 4.78 is 0. The lowest BCUT2D eigenvalue weighted by Gasteiger charge is -2.37. The normalized spacial score (nSPS) is 26.2. The summed E-state index contributed by atoms with van der Waals surface area (Å²) in [7, 11) is 1.86. The number of piperidine rings is 1. The van der Waals surface area contributed by atoms with Gasteiger partial charge >= 0.3 is 0 Å². The molecular weight excluding hydrogens is 220 g/mol. The van der Waals surface area contributed by atoms with Gasteiger partial charge in [-0.05, 0) is 31.9 Å². The summed E-state index contributed by atoms with van der Waals surface area (Å²) >= 11 is 1.77. The molecule has 2 atom stereocenters. The Bertz CT molecular complexity index is 413. The Labute approximate surface area is 100 Å². The van der Waals surface area contributed by atoms with Gasteiger partial charge in [0.2, 0.25) is 5.91 Å². The van der Waals surface area contributed by atoms with Gasteiger partial charge in [-0.1, -0.05) is 0 Å². The molecule has 2 heterocycles. The standard InChI is InChI=1S/C12H18N2OS/c1-7-6-9(8(2)16-7)12-10(13)4-5-11(15)14(12)3/h6,10,12H,4-5,13H2,1-3H3. The van der Waals surface area contributed by atoms with E-state index in [2.05, 4.69) is 19.9 Å². The molecule has 0 saturated carbocycles. The molecule has 2 unspecified atom stereocenters. The highest BCUT2D eigenvalue weighted by molar-refractivity contribution is 7.12. The SMILES string of the molecule is Cc1cc(C2C(N)CCC(=O)N2C)c(C)s1. The maximum atomic E-state index is 11.7. The van der Waals surface area contributed by atoms with Crippen LogP contribution in [0.3, 0.4) is 0 Å². The van der Waals surface area contributed by atoms with E-state index < -0.39 is 0 Å². The van der Waals surface area contributed by atoms with E-state index in [4.69, 9.17) is 5.73 Å². The molecule has 0 aliphatic carbocycles. The van der Waals surface area contributed by atoms with E-state index >= 15 is 0 Å². The minimum absolute atomic E-state index is 0.0613. The van der Waals surface area contributed by atoms with Crippen molar-refractivity contribution in [1.29, 1.82) is 0 Å². The number of carbonyl (C=O) groups excluding carboxylic acids is 1. The van der Waals surface area contributed by atoms with Crippen LogP contribution in [0.1, 0.15) is 34.2 Å². The second-order valence-electron chi connectivity index (χ2n) is 4.52. The van der Waals surface area contributed by atoms with Gasteiger partial charge in [0.1, 0.15) is 0 Å². The van der Waals surface area contributed by atoms with Crippen LogP contribution in [0.5, 0.6) is 0 Å². The first-order valence-electron chi connectivity index (χ1n) is 5.59. The van der Waals surface area contributed by atoms with Crippen molar-refractivity contribution in [2.75, 3.05) is 7.05 Å². The summed E-state index contributed by atoms with van der Waals surface area (Å²) in [4.78, 5) is 16.1. The summed E-state index contributed by atoms with van der Waals surface area (Å²) in [5, 5.41) is 0. The summed E-state index contributed by atoms with van der Waals surface area (Å²) in [6, 6.07) is 2.29. The van der Waals surface area contributed by atoms with Crippen molar-refractivity contribution in [3.8, 4) is 0 Å². The van der Waals surface area contributed by atoms with Gasteiger partial charge in [0, 0.05) is 29.3 Å². The molecule has 0 bridgehead atoms. The van der Waals surface area contributed by atoms with E-state index in [0.717, 1.165) is 6.42 Å². The first-order valence-corrected chi connectivity index (χ1v) is 6.40. The van der Waals surface area contributed by atoms with Gasteiger partial charge in [-0.25, -0.2) is 0 Å². The largest absolute Gasteiger partial charge is 0.337 e. The highest BCUT2D eigenvalue weighted by Crippen LogP contribution is 2.35. The molecule has 0 spiro atoms. The van der Waals surface area contributed by atoms with E-state index in [0.29, 0.717) is 6.42 Å². The number of rotatable bonds is 1. The number of amides is 1. The number of hydrogen-bond acceptors (Lipinski definition) is 3. The molecule has 1 aliphatic heterocycles. The molecule has 3 nitrogen and oxygen atoms in total. The molecular formula is C12H18N2OS. The van der Waals surface area contributed by atoms with Gasteiger partial charge in [-0.15, -0.1) is 11.3 Å². The van der Waals surface area contributed by atoms with Gasteiger partial charge < -0.3 is 10.6 Å². The van der Waals surface area contributed by atoms with Crippen LogP contribution in [0.15, 0.2) is 6.07 Å². The van der Waals surface area contributed by atoms with Crippen molar-refractivity contribution < 1.29 is 4.79 Å². The molecule has 2 N–H and O–H groups in total. The van der Waals surface area contributed by atoms with Crippen LogP contribution >= 0.6 is 11.3 Å². The van der Waals surface area contributed by atoms with Crippen molar-refractivity contribution >= 4 is 17.2 Å². The van der Waals surface area contributed by atoms with Crippen molar-refractivity contribution in [3.05, 3.63) is 21.4 Å². The Kier molecular flexibility index (Phi) is 3.04. The van der Waals surface area contributed by atoms with Crippen molar-refractivity contribution in [2.45, 2.75) is 38.8 Å². The summed E-state index contributed by atoms with van der Waals surface area (Å²) in [6.07, 6.45) is 1.37. The maximum absolute atomic E-state index is 11.7. The number of nitrogens with two attached hydrogens (primary N) is 1. The molecule has 0 radical (unpaired) electrons. The molecule has 1 fully saturated rings. The highest BCUT2D eigenvalue weighted by Gasteiger charge is 2.33. The molecule has 4 heteroatoms. The van der Waals surface area contributed by atoms with E-state index in [1.807, 2.05) is 11.9 Å². The fourth-order valence-corrected chi connectivity index (χ4v) is 3.42. The monoisotopic (exact) mass is 238 g/mol. The Hall–Kier alpha value is -0.870. The van der Waals surface area contributed by atoms with Gasteiger partial charge in [-0.3, -0.25) is 4.79 Å². The van der Waals surface area contributed by atoms with Crippen molar-refractivity contribution in [1.82, 2.24) is 4.90 Å². The average molecular weight is 238 g/mol. The first-order chi connectivity index (χ1) is 7.50. The zero-order valence-corrected chi connectivity index (χ0v) is 10.8. The number of nitrogens with zero attached hydrogens (tertiary/aromatic N) is 1. The van der Waals surface area contributed by atoms with Crippen molar-refractivity contribution in [2.24, 2.45) is 5.73 Å². The maximum Gasteiger partial charge on any atom is 0.222 e. The van der Waals surface area contributed by atoms with E-state index in [-0.39, 0.29) is 18.0 Å². The third-order valence-electron chi connectivity index (χ3n) is 3.31. The Morgan fingerprint density at radius 2 is 2.19 bits per heavy atom. The Morgan fingerprint density at radius 3 is 2.75 bits per heavy atom. The summed E-state index contributed by atoms with van der Waals surface area (Å²) in [6.45, 7) is 4.20. The van der Waals surface area contributed by atoms with E-state index in [1.165, 1.54) is 15.3 Å². The molecule has 0 aromatic carbocycles. The van der Waals surface area contributed by atoms with Crippen LogP contribution in [-0.2, 0) is 4.79 Å². The molecule has 88 valence electrons. The van der Waals surface area contributed by atoms with Crippen LogP contribution < -0.4 is 5.73 Å². The Morgan fingerprint density at radius 1 is 1.50 bits per heavy atom. The van der Waals surface area contributed by atoms with Gasteiger partial charge in [0.25, 0.3) is 0 Å². The number of hydrogen-bond donors (Lipinski definition) is 1. The fraction of sp³-hybridized carbons (Fsp3) is 0.583. The number of thiophene rings is 1. The van der Waals surface area contributed by atoms with Crippen LogP contribution in [0.25, 0.3) is 0 Å². The van der Waals surface area contributed by atoms with Crippen LogP contribution in [0, 0.1) is 13.8 Å². The second-order valence-corrected chi connectivity index (χ2v) is 5.98.